The van der Waals surface area contributed by atoms with Crippen LogP contribution in [-0.4, -0.2) is 66.7 Å². The number of para-hydroxylation sites is 1. The van der Waals surface area contributed by atoms with Crippen molar-refractivity contribution in [3.63, 3.8) is 0 Å². The van der Waals surface area contributed by atoms with Crippen LogP contribution in [0, 0.1) is 0 Å². The SMILES string of the molecule is CC(C)(C)OC(=O)CCc1cc(CCN)cc(CCc2ccccc2OCCN2CCN(c3nsc4ccccc34)CC2)c1. The summed E-state index contributed by atoms with van der Waals surface area (Å²) in [6, 6.07) is 23.5. The first-order chi connectivity index (χ1) is 21.3. The van der Waals surface area contributed by atoms with Crippen LogP contribution in [0.1, 0.15) is 49.4 Å². The van der Waals surface area contributed by atoms with E-state index < -0.39 is 5.60 Å². The fourth-order valence-corrected chi connectivity index (χ4v) is 6.57. The molecule has 0 bridgehead atoms. The van der Waals surface area contributed by atoms with Gasteiger partial charge < -0.3 is 20.1 Å². The number of carbonyl (C=O) groups is 1. The van der Waals surface area contributed by atoms with Gasteiger partial charge in [-0.1, -0.05) is 48.5 Å². The van der Waals surface area contributed by atoms with Crippen molar-refractivity contribution in [3.05, 3.63) is 89.0 Å². The minimum atomic E-state index is -0.467. The molecule has 1 aliphatic heterocycles. The quantitative estimate of drug-likeness (QED) is 0.184. The maximum Gasteiger partial charge on any atom is 0.306 e. The number of fused-ring (bicyclic) bond motifs is 1. The molecule has 1 fully saturated rings. The van der Waals surface area contributed by atoms with Gasteiger partial charge in [-0.25, -0.2) is 0 Å². The molecule has 7 nitrogen and oxygen atoms in total. The van der Waals surface area contributed by atoms with Crippen LogP contribution < -0.4 is 15.4 Å². The molecule has 0 radical (unpaired) electrons. The maximum absolute atomic E-state index is 12.3. The van der Waals surface area contributed by atoms with Crippen LogP contribution in [0.4, 0.5) is 5.82 Å². The van der Waals surface area contributed by atoms with Crippen LogP contribution in [0.5, 0.6) is 5.75 Å². The molecule has 2 heterocycles. The van der Waals surface area contributed by atoms with Crippen LogP contribution >= 0.6 is 11.5 Å². The maximum atomic E-state index is 12.3. The van der Waals surface area contributed by atoms with Gasteiger partial charge in [-0.15, -0.1) is 0 Å². The zero-order valence-electron chi connectivity index (χ0n) is 26.4. The Bertz CT molecular complexity index is 1520. The molecular weight excluding hydrogens is 568 g/mol. The van der Waals surface area contributed by atoms with Crippen LogP contribution in [0.25, 0.3) is 10.1 Å². The third-order valence-electron chi connectivity index (χ3n) is 7.93. The minimum Gasteiger partial charge on any atom is -0.492 e. The number of hydrogen-bond donors (Lipinski definition) is 1. The number of ether oxygens (including phenoxy) is 2. The Balaban J connectivity index is 1.12. The minimum absolute atomic E-state index is 0.163. The first kappa shape index (κ1) is 31.9. The van der Waals surface area contributed by atoms with E-state index in [2.05, 4.69) is 70.5 Å². The van der Waals surface area contributed by atoms with E-state index in [1.165, 1.54) is 26.8 Å². The summed E-state index contributed by atoms with van der Waals surface area (Å²) in [4.78, 5) is 17.2. The third-order valence-corrected chi connectivity index (χ3v) is 8.75. The van der Waals surface area contributed by atoms with Crippen molar-refractivity contribution >= 4 is 33.4 Å². The lowest BCUT2D eigenvalue weighted by Gasteiger charge is -2.35. The van der Waals surface area contributed by atoms with Crippen molar-refractivity contribution in [2.45, 2.75) is 58.5 Å². The lowest BCUT2D eigenvalue weighted by atomic mass is 9.96. The molecule has 1 aromatic heterocycles. The summed E-state index contributed by atoms with van der Waals surface area (Å²) in [5.74, 6) is 1.92. The molecule has 0 unspecified atom stereocenters. The number of aryl methyl sites for hydroxylation is 3. The molecule has 0 spiro atoms. The van der Waals surface area contributed by atoms with Gasteiger partial charge in [-0.05, 0) is 105 Å². The monoisotopic (exact) mass is 614 g/mol. The predicted octanol–water partition coefficient (Wildman–Crippen LogP) is 6.06. The van der Waals surface area contributed by atoms with Crippen LogP contribution in [-0.2, 0) is 35.2 Å². The van der Waals surface area contributed by atoms with Crippen LogP contribution in [0.3, 0.4) is 0 Å². The molecule has 1 aliphatic rings. The molecule has 3 aromatic carbocycles. The highest BCUT2D eigenvalue weighted by Gasteiger charge is 2.21. The van der Waals surface area contributed by atoms with Gasteiger partial charge in [0, 0.05) is 44.5 Å². The molecule has 1 saturated heterocycles. The first-order valence-electron chi connectivity index (χ1n) is 15.8. The Labute approximate surface area is 266 Å². The molecule has 44 heavy (non-hydrogen) atoms. The number of esters is 1. The number of anilines is 1. The smallest absolute Gasteiger partial charge is 0.306 e. The summed E-state index contributed by atoms with van der Waals surface area (Å²) < 4.78 is 17.8. The standard InChI is InChI=1S/C36H46N4O3S/c1-36(2,3)43-34(41)15-13-28-24-27(25-29(26-28)16-17-37)12-14-30-8-4-6-10-32(30)42-23-22-39-18-20-40(21-19-39)35-31-9-5-7-11-33(31)44-38-35/h4-11,24-26H,12-23,37H2,1-3H3. The molecule has 0 saturated carbocycles. The molecule has 8 heteroatoms. The largest absolute Gasteiger partial charge is 0.492 e. The number of piperazine rings is 1. The van der Waals surface area contributed by atoms with Gasteiger partial charge >= 0.3 is 5.97 Å². The van der Waals surface area contributed by atoms with Gasteiger partial charge in [-0.2, -0.15) is 4.37 Å². The number of nitrogens with two attached hydrogens (primary N) is 1. The number of carbonyl (C=O) groups excluding carboxylic acids is 1. The molecular formula is C36H46N4O3S. The van der Waals surface area contributed by atoms with Crippen molar-refractivity contribution < 1.29 is 14.3 Å². The summed E-state index contributed by atoms with van der Waals surface area (Å²) in [7, 11) is 0. The van der Waals surface area contributed by atoms with E-state index in [4.69, 9.17) is 19.6 Å². The van der Waals surface area contributed by atoms with E-state index in [0.717, 1.165) is 69.1 Å². The van der Waals surface area contributed by atoms with E-state index in [1.54, 1.807) is 11.5 Å². The highest BCUT2D eigenvalue weighted by molar-refractivity contribution is 7.13. The third kappa shape index (κ3) is 9.03. The van der Waals surface area contributed by atoms with Crippen LogP contribution in [0.15, 0.2) is 66.7 Å². The van der Waals surface area contributed by atoms with Crippen molar-refractivity contribution in [1.29, 1.82) is 0 Å². The van der Waals surface area contributed by atoms with E-state index in [0.29, 0.717) is 26.0 Å². The molecule has 5 rings (SSSR count). The Kier molecular flexibility index (Phi) is 10.9. The van der Waals surface area contributed by atoms with Crippen molar-refractivity contribution in [3.8, 4) is 5.75 Å². The van der Waals surface area contributed by atoms with Crippen molar-refractivity contribution in [1.82, 2.24) is 9.27 Å². The molecule has 0 aliphatic carbocycles. The Morgan fingerprint density at radius 1 is 0.886 bits per heavy atom. The lowest BCUT2D eigenvalue weighted by molar-refractivity contribution is -0.154. The topological polar surface area (TPSA) is 80.9 Å². The van der Waals surface area contributed by atoms with Gasteiger partial charge in [0.15, 0.2) is 0 Å². The van der Waals surface area contributed by atoms with Gasteiger partial charge in [0.2, 0.25) is 0 Å². The fourth-order valence-electron chi connectivity index (χ4n) is 5.78. The van der Waals surface area contributed by atoms with E-state index in [-0.39, 0.29) is 5.97 Å². The summed E-state index contributed by atoms with van der Waals surface area (Å²) in [5, 5.41) is 1.26. The molecule has 4 aromatic rings. The number of rotatable bonds is 13. The zero-order valence-corrected chi connectivity index (χ0v) is 27.2. The van der Waals surface area contributed by atoms with Crippen molar-refractivity contribution in [2.24, 2.45) is 5.73 Å². The van der Waals surface area contributed by atoms with Gasteiger partial charge in [0.05, 0.1) is 4.70 Å². The highest BCUT2D eigenvalue weighted by Crippen LogP contribution is 2.30. The summed E-state index contributed by atoms with van der Waals surface area (Å²) in [6.45, 7) is 11.8. The molecule has 2 N–H and O–H groups in total. The fraction of sp³-hybridized carbons (Fsp3) is 0.444. The molecule has 0 amide bonds. The zero-order chi connectivity index (χ0) is 30.9. The molecule has 0 atom stereocenters. The highest BCUT2D eigenvalue weighted by atomic mass is 32.1. The summed E-state index contributed by atoms with van der Waals surface area (Å²) >= 11 is 1.58. The second-order valence-electron chi connectivity index (χ2n) is 12.6. The van der Waals surface area contributed by atoms with Crippen molar-refractivity contribution in [2.75, 3.05) is 50.8 Å². The number of hydrogen-bond acceptors (Lipinski definition) is 8. The summed E-state index contributed by atoms with van der Waals surface area (Å²) in [5.41, 5.74) is 10.3. The van der Waals surface area contributed by atoms with Crippen LogP contribution in [0.2, 0.25) is 0 Å². The van der Waals surface area contributed by atoms with E-state index in [1.807, 2.05) is 26.8 Å². The van der Waals surface area contributed by atoms with Gasteiger partial charge in [-0.3, -0.25) is 9.69 Å². The average molecular weight is 615 g/mol. The van der Waals surface area contributed by atoms with Gasteiger partial charge in [0.1, 0.15) is 23.8 Å². The Hall–Kier alpha value is -3.46. The number of nitrogens with zero attached hydrogens (tertiary/aromatic N) is 3. The number of aromatic nitrogens is 1. The average Bonchev–Trinajstić information content (AvgIpc) is 3.44. The second-order valence-corrected chi connectivity index (χ2v) is 13.4. The molecule has 234 valence electrons. The number of benzene rings is 3. The predicted molar refractivity (Wildman–Crippen MR) is 181 cm³/mol. The Morgan fingerprint density at radius 3 is 2.32 bits per heavy atom. The first-order valence-corrected chi connectivity index (χ1v) is 16.6. The second kappa shape index (κ2) is 15.0. The van der Waals surface area contributed by atoms with E-state index in [9.17, 15) is 4.79 Å². The van der Waals surface area contributed by atoms with Gasteiger partial charge in [0.25, 0.3) is 0 Å². The summed E-state index contributed by atoms with van der Waals surface area (Å²) in [6.07, 6.45) is 3.63. The lowest BCUT2D eigenvalue weighted by Crippen LogP contribution is -2.47. The van der Waals surface area contributed by atoms with E-state index >= 15 is 0 Å². The Morgan fingerprint density at radius 2 is 1.57 bits per heavy atom. The normalized spacial score (nSPS) is 14.2.